The Hall–Kier alpha value is -2.43. The van der Waals surface area contributed by atoms with Gasteiger partial charge in [-0.1, -0.05) is 12.2 Å². The fraction of sp³-hybridized carbons (Fsp3) is 0.542. The molecule has 6 rings (SSSR count). The van der Waals surface area contributed by atoms with Crippen molar-refractivity contribution in [3.8, 4) is 0 Å². The largest absolute Gasteiger partial charge is 0.462 e. The third kappa shape index (κ3) is 2.08. The second-order valence-electron chi connectivity index (χ2n) is 9.45. The van der Waals surface area contributed by atoms with Crippen LogP contribution in [0.5, 0.6) is 0 Å². The van der Waals surface area contributed by atoms with Crippen molar-refractivity contribution in [2.24, 2.45) is 47.3 Å². The summed E-state index contributed by atoms with van der Waals surface area (Å²) >= 11 is 0. The van der Waals surface area contributed by atoms with Gasteiger partial charge in [0, 0.05) is 0 Å². The summed E-state index contributed by atoms with van der Waals surface area (Å²) in [6.07, 6.45) is 6.99. The van der Waals surface area contributed by atoms with Crippen molar-refractivity contribution in [2.75, 3.05) is 11.5 Å². The van der Waals surface area contributed by atoms with Crippen LogP contribution in [0.2, 0.25) is 0 Å². The number of carbonyl (C=O) groups excluding carboxylic acids is 3. The van der Waals surface area contributed by atoms with Gasteiger partial charge in [-0.05, 0) is 86.0 Å². The number of esters is 1. The number of nitrogens with zero attached hydrogens (tertiary/aromatic N) is 1. The van der Waals surface area contributed by atoms with E-state index in [2.05, 4.69) is 12.2 Å². The molecule has 1 saturated heterocycles. The number of hydrogen-bond acceptors (Lipinski definition) is 4. The van der Waals surface area contributed by atoms with Gasteiger partial charge in [0.2, 0.25) is 11.8 Å². The van der Waals surface area contributed by atoms with E-state index >= 15 is 0 Å². The Morgan fingerprint density at radius 2 is 1.66 bits per heavy atom. The predicted octanol–water partition coefficient (Wildman–Crippen LogP) is 3.37. The number of ether oxygens (including phenoxy) is 1. The number of imide groups is 1. The second kappa shape index (κ2) is 5.80. The van der Waals surface area contributed by atoms with Gasteiger partial charge in [0.05, 0.1) is 29.7 Å². The van der Waals surface area contributed by atoms with Gasteiger partial charge in [-0.15, -0.1) is 0 Å². The van der Waals surface area contributed by atoms with Crippen molar-refractivity contribution in [1.82, 2.24) is 0 Å². The molecule has 5 aliphatic rings. The van der Waals surface area contributed by atoms with Crippen molar-refractivity contribution in [2.45, 2.75) is 26.7 Å². The van der Waals surface area contributed by atoms with Gasteiger partial charge in [-0.3, -0.25) is 9.59 Å². The second-order valence-corrected chi connectivity index (χ2v) is 9.45. The van der Waals surface area contributed by atoms with Gasteiger partial charge in [-0.2, -0.15) is 0 Å². The summed E-state index contributed by atoms with van der Waals surface area (Å²) < 4.78 is 5.06. The topological polar surface area (TPSA) is 63.7 Å². The van der Waals surface area contributed by atoms with Crippen LogP contribution in [-0.4, -0.2) is 24.4 Å². The zero-order valence-electron chi connectivity index (χ0n) is 16.7. The summed E-state index contributed by atoms with van der Waals surface area (Å²) in [6, 6.07) is 5.10. The van der Waals surface area contributed by atoms with Crippen molar-refractivity contribution in [3.63, 3.8) is 0 Å². The van der Waals surface area contributed by atoms with E-state index in [0.717, 1.165) is 12.0 Å². The highest BCUT2D eigenvalue weighted by Crippen LogP contribution is 2.70. The van der Waals surface area contributed by atoms with E-state index in [1.807, 2.05) is 6.92 Å². The van der Waals surface area contributed by atoms with Gasteiger partial charge in [0.15, 0.2) is 0 Å². The Bertz CT molecular complexity index is 939. The third-order valence-corrected chi connectivity index (χ3v) is 8.39. The highest BCUT2D eigenvalue weighted by Gasteiger charge is 2.71. The van der Waals surface area contributed by atoms with Gasteiger partial charge >= 0.3 is 5.97 Å². The molecule has 1 aromatic rings. The van der Waals surface area contributed by atoms with Crippen molar-refractivity contribution >= 4 is 23.5 Å². The maximum atomic E-state index is 13.5. The fourth-order valence-electron chi connectivity index (χ4n) is 7.60. The van der Waals surface area contributed by atoms with Crippen LogP contribution in [0.3, 0.4) is 0 Å². The van der Waals surface area contributed by atoms with Crippen molar-refractivity contribution < 1.29 is 19.1 Å². The molecule has 5 heteroatoms. The molecule has 4 aliphatic carbocycles. The number of carbonyl (C=O) groups is 3. The Balaban J connectivity index is 1.33. The van der Waals surface area contributed by atoms with Gasteiger partial charge < -0.3 is 4.74 Å². The summed E-state index contributed by atoms with van der Waals surface area (Å²) in [4.78, 5) is 40.3. The lowest BCUT2D eigenvalue weighted by Crippen LogP contribution is -2.38. The molecule has 1 heterocycles. The van der Waals surface area contributed by atoms with E-state index in [9.17, 15) is 14.4 Å². The average molecular weight is 391 g/mol. The van der Waals surface area contributed by atoms with E-state index in [-0.39, 0.29) is 29.6 Å². The highest BCUT2D eigenvalue weighted by molar-refractivity contribution is 6.23. The van der Waals surface area contributed by atoms with Crippen molar-refractivity contribution in [1.29, 1.82) is 0 Å². The number of anilines is 1. The summed E-state index contributed by atoms with van der Waals surface area (Å²) in [6.45, 7) is 3.93. The number of hydrogen-bond donors (Lipinski definition) is 0. The molecule has 5 nitrogen and oxygen atoms in total. The minimum absolute atomic E-state index is 0.0234. The first kappa shape index (κ1) is 17.4. The number of aryl methyl sites for hydroxylation is 1. The van der Waals surface area contributed by atoms with Crippen LogP contribution in [0.25, 0.3) is 0 Å². The lowest BCUT2D eigenvalue weighted by Gasteiger charge is -2.36. The van der Waals surface area contributed by atoms with Crippen LogP contribution in [-0.2, 0) is 14.3 Å². The summed E-state index contributed by atoms with van der Waals surface area (Å²) in [5, 5.41) is 0. The van der Waals surface area contributed by atoms with Crippen molar-refractivity contribution in [3.05, 3.63) is 41.5 Å². The number of allylic oxidation sites excluding steroid dienone is 2. The van der Waals surface area contributed by atoms with Gasteiger partial charge in [-0.25, -0.2) is 9.69 Å². The first-order valence-corrected chi connectivity index (χ1v) is 10.8. The lowest BCUT2D eigenvalue weighted by atomic mass is 9.65. The number of benzene rings is 1. The summed E-state index contributed by atoms with van der Waals surface area (Å²) in [5.41, 5.74) is 1.82. The van der Waals surface area contributed by atoms with E-state index < -0.39 is 0 Å². The number of fused-ring (bicyclic) bond motifs is 12. The normalized spacial score (nSPS) is 40.7. The van der Waals surface area contributed by atoms with E-state index in [0.29, 0.717) is 53.4 Å². The highest BCUT2D eigenvalue weighted by atomic mass is 16.5. The van der Waals surface area contributed by atoms with E-state index in [4.69, 9.17) is 4.74 Å². The van der Waals surface area contributed by atoms with Crippen LogP contribution in [0.1, 0.15) is 35.7 Å². The molecule has 0 radical (unpaired) electrons. The molecule has 0 N–H and O–H groups in total. The van der Waals surface area contributed by atoms with Gasteiger partial charge in [0.1, 0.15) is 0 Å². The molecule has 4 bridgehead atoms. The number of amides is 2. The molecular formula is C24H25NO4. The monoisotopic (exact) mass is 391 g/mol. The molecular weight excluding hydrogens is 366 g/mol. The molecule has 0 aromatic heterocycles. The van der Waals surface area contributed by atoms with E-state index in [1.165, 1.54) is 11.3 Å². The quantitative estimate of drug-likeness (QED) is 0.343. The Morgan fingerprint density at radius 1 is 1.03 bits per heavy atom. The Morgan fingerprint density at radius 3 is 2.21 bits per heavy atom. The Labute approximate surface area is 170 Å². The third-order valence-electron chi connectivity index (χ3n) is 8.39. The van der Waals surface area contributed by atoms with Crippen LogP contribution < -0.4 is 4.90 Å². The molecule has 3 saturated carbocycles. The molecule has 8 atom stereocenters. The fourth-order valence-corrected chi connectivity index (χ4v) is 7.60. The SMILES string of the molecule is CCOC(=O)c1ccc(N2C(=O)C3C4CC(C3C2=O)C2C3C=CC(C3)C42)c(C)c1. The van der Waals surface area contributed by atoms with Crippen LogP contribution >= 0.6 is 0 Å². The van der Waals surface area contributed by atoms with Crippen LogP contribution in [0, 0.1) is 54.3 Å². The maximum Gasteiger partial charge on any atom is 0.338 e. The maximum absolute atomic E-state index is 13.5. The van der Waals surface area contributed by atoms with Crippen LogP contribution in [0.4, 0.5) is 5.69 Å². The van der Waals surface area contributed by atoms with Gasteiger partial charge in [0.25, 0.3) is 0 Å². The first-order chi connectivity index (χ1) is 14.0. The predicted molar refractivity (Wildman–Crippen MR) is 106 cm³/mol. The Kier molecular flexibility index (Phi) is 3.49. The average Bonchev–Trinajstić information content (AvgIpc) is 3.48. The lowest BCUT2D eigenvalue weighted by molar-refractivity contribution is -0.123. The molecule has 1 aromatic carbocycles. The smallest absolute Gasteiger partial charge is 0.338 e. The summed E-state index contributed by atoms with van der Waals surface area (Å²) in [7, 11) is 0. The molecule has 4 fully saturated rings. The number of rotatable bonds is 3. The zero-order valence-corrected chi connectivity index (χ0v) is 16.7. The minimum Gasteiger partial charge on any atom is -0.462 e. The molecule has 150 valence electrons. The molecule has 1 aliphatic heterocycles. The molecule has 0 spiro atoms. The molecule has 29 heavy (non-hydrogen) atoms. The van der Waals surface area contributed by atoms with E-state index in [1.54, 1.807) is 25.1 Å². The standard InChI is InChI=1S/C24H25NO4/c1-3-29-24(28)14-6-7-17(11(2)8-14)25-22(26)20-15-10-16(21(20)23(25)27)19-13-5-4-12(9-13)18(15)19/h4-8,12-13,15-16,18-21H,3,9-10H2,1-2H3. The molecule has 2 amide bonds. The van der Waals surface area contributed by atoms with Crippen LogP contribution in [0.15, 0.2) is 30.4 Å². The summed E-state index contributed by atoms with van der Waals surface area (Å²) in [5.74, 6) is 2.41. The zero-order chi connectivity index (χ0) is 20.0. The minimum atomic E-state index is -0.382. The molecule has 8 unspecified atom stereocenters. The first-order valence-electron chi connectivity index (χ1n) is 10.8.